The average Bonchev–Trinajstić information content (AvgIpc) is 2.13. The van der Waals surface area contributed by atoms with Gasteiger partial charge in [0, 0.05) is 6.07 Å². The molecule has 0 unspecified atom stereocenters. The van der Waals surface area contributed by atoms with Gasteiger partial charge in [0.2, 0.25) is 0 Å². The fourth-order valence-corrected chi connectivity index (χ4v) is 1.81. The number of alkyl halides is 2. The Bertz CT molecular complexity index is 455. The maximum atomic E-state index is 12.1. The Labute approximate surface area is 97.3 Å². The fourth-order valence-electron chi connectivity index (χ4n) is 1.81. The number of hydrogen-bond donors (Lipinski definition) is 0. The first-order valence-electron chi connectivity index (χ1n) is 5.18. The summed E-state index contributed by atoms with van der Waals surface area (Å²) in [7, 11) is 0. The molecule has 1 aliphatic heterocycles. The van der Waals surface area contributed by atoms with Gasteiger partial charge in [-0.3, -0.25) is 4.79 Å². The minimum absolute atomic E-state index is 0.00995. The van der Waals surface area contributed by atoms with Crippen molar-refractivity contribution < 1.29 is 23.0 Å². The largest absolute Gasteiger partial charge is 0.486 e. The highest BCUT2D eigenvalue weighted by Crippen LogP contribution is 2.35. The summed E-state index contributed by atoms with van der Waals surface area (Å²) in [6, 6.07) is 4.11. The number of Topliss-reactive ketones (excluding diaryl/α,β-unsaturated/α-hetero) is 1. The molecule has 0 amide bonds. The van der Waals surface area contributed by atoms with Crippen LogP contribution in [0.15, 0.2) is 18.2 Å². The van der Waals surface area contributed by atoms with Gasteiger partial charge >= 0.3 is 6.61 Å². The molecule has 17 heavy (non-hydrogen) atoms. The molecular formula is C12H12F2O3. The zero-order chi connectivity index (χ0) is 12.6. The monoisotopic (exact) mass is 242 g/mol. The molecule has 5 heteroatoms. The molecule has 1 aromatic carbocycles. The van der Waals surface area contributed by atoms with Crippen LogP contribution in [0.1, 0.15) is 30.6 Å². The van der Waals surface area contributed by atoms with E-state index in [1.54, 1.807) is 13.8 Å². The third-order valence-electron chi connectivity index (χ3n) is 2.45. The number of rotatable bonds is 2. The van der Waals surface area contributed by atoms with Gasteiger partial charge in [-0.05, 0) is 26.0 Å². The second-order valence-corrected chi connectivity index (χ2v) is 4.50. The van der Waals surface area contributed by atoms with Gasteiger partial charge in [0.1, 0.15) is 17.1 Å². The summed E-state index contributed by atoms with van der Waals surface area (Å²) < 4.78 is 33.9. The van der Waals surface area contributed by atoms with Crippen molar-refractivity contribution in [3.63, 3.8) is 0 Å². The van der Waals surface area contributed by atoms with Crippen LogP contribution in [0.2, 0.25) is 0 Å². The van der Waals surface area contributed by atoms with Gasteiger partial charge < -0.3 is 9.47 Å². The lowest BCUT2D eigenvalue weighted by molar-refractivity contribution is -0.0500. The third kappa shape index (κ3) is 2.54. The molecule has 0 radical (unpaired) electrons. The number of carbonyl (C=O) groups excluding carboxylic acids is 1. The summed E-state index contributed by atoms with van der Waals surface area (Å²) in [5, 5.41) is 0. The smallest absolute Gasteiger partial charge is 0.387 e. The molecule has 1 aliphatic rings. The summed E-state index contributed by atoms with van der Waals surface area (Å²) >= 11 is 0. The van der Waals surface area contributed by atoms with Crippen molar-refractivity contribution >= 4 is 5.78 Å². The van der Waals surface area contributed by atoms with Crippen LogP contribution in [0.4, 0.5) is 8.78 Å². The summed E-state index contributed by atoms with van der Waals surface area (Å²) in [5.74, 6) is 0.230. The van der Waals surface area contributed by atoms with E-state index >= 15 is 0 Å². The summed E-state index contributed by atoms with van der Waals surface area (Å²) in [5.41, 5.74) is -0.209. The first-order valence-corrected chi connectivity index (χ1v) is 5.18. The fraction of sp³-hybridized carbons (Fsp3) is 0.417. The molecule has 0 atom stereocenters. The molecule has 2 rings (SSSR count). The van der Waals surface area contributed by atoms with Crippen molar-refractivity contribution in [2.45, 2.75) is 32.5 Å². The molecular weight excluding hydrogens is 230 g/mol. The number of benzene rings is 1. The number of ether oxygens (including phenoxy) is 2. The Balaban J connectivity index is 2.35. The maximum absolute atomic E-state index is 12.1. The van der Waals surface area contributed by atoms with Crippen LogP contribution in [0.25, 0.3) is 0 Å². The molecule has 0 aliphatic carbocycles. The van der Waals surface area contributed by atoms with Crippen molar-refractivity contribution in [3.05, 3.63) is 23.8 Å². The van der Waals surface area contributed by atoms with E-state index < -0.39 is 12.2 Å². The lowest BCUT2D eigenvalue weighted by atomic mass is 9.93. The van der Waals surface area contributed by atoms with E-state index in [9.17, 15) is 13.6 Å². The van der Waals surface area contributed by atoms with Crippen LogP contribution in [-0.4, -0.2) is 18.0 Å². The van der Waals surface area contributed by atoms with Crippen molar-refractivity contribution in [2.75, 3.05) is 0 Å². The highest BCUT2D eigenvalue weighted by atomic mass is 19.3. The minimum atomic E-state index is -2.89. The van der Waals surface area contributed by atoms with Gasteiger partial charge in [0.05, 0.1) is 12.0 Å². The van der Waals surface area contributed by atoms with Crippen LogP contribution in [0, 0.1) is 0 Å². The molecule has 1 heterocycles. The number of ketones is 1. The Morgan fingerprint density at radius 1 is 1.41 bits per heavy atom. The molecule has 0 spiro atoms. The van der Waals surface area contributed by atoms with E-state index in [2.05, 4.69) is 4.74 Å². The third-order valence-corrected chi connectivity index (χ3v) is 2.45. The SMILES string of the molecule is CC1(C)CC(=O)c2ccc(OC(F)F)cc2O1. The van der Waals surface area contributed by atoms with Crippen molar-refractivity contribution in [3.8, 4) is 11.5 Å². The maximum Gasteiger partial charge on any atom is 0.387 e. The summed E-state index contributed by atoms with van der Waals surface area (Å²) in [6.45, 7) is 0.656. The number of carbonyl (C=O) groups is 1. The van der Waals surface area contributed by atoms with Crippen molar-refractivity contribution in [1.29, 1.82) is 0 Å². The number of halogens is 2. The van der Waals surface area contributed by atoms with E-state index in [1.165, 1.54) is 18.2 Å². The van der Waals surface area contributed by atoms with E-state index in [-0.39, 0.29) is 18.0 Å². The van der Waals surface area contributed by atoms with Gasteiger partial charge in [-0.25, -0.2) is 0 Å². The van der Waals surface area contributed by atoms with Crippen molar-refractivity contribution in [2.24, 2.45) is 0 Å². The normalized spacial score (nSPS) is 17.6. The highest BCUT2D eigenvalue weighted by molar-refractivity contribution is 6.00. The van der Waals surface area contributed by atoms with Gasteiger partial charge in [-0.1, -0.05) is 0 Å². The summed E-state index contributed by atoms with van der Waals surface area (Å²) in [4.78, 5) is 11.8. The average molecular weight is 242 g/mol. The lowest BCUT2D eigenvalue weighted by Crippen LogP contribution is -2.35. The lowest BCUT2D eigenvalue weighted by Gasteiger charge is -2.31. The number of hydrogen-bond acceptors (Lipinski definition) is 3. The predicted octanol–water partition coefficient (Wildman–Crippen LogP) is 3.03. The molecule has 92 valence electrons. The predicted molar refractivity (Wildman–Crippen MR) is 56.7 cm³/mol. The van der Waals surface area contributed by atoms with Crippen LogP contribution in [0.5, 0.6) is 11.5 Å². The van der Waals surface area contributed by atoms with E-state index in [4.69, 9.17) is 4.74 Å². The Morgan fingerprint density at radius 2 is 2.12 bits per heavy atom. The van der Waals surface area contributed by atoms with Gasteiger partial charge in [-0.15, -0.1) is 0 Å². The standard InChI is InChI=1S/C12H12F2O3/c1-12(2)6-9(15)8-4-3-7(16-11(13)14)5-10(8)17-12/h3-5,11H,6H2,1-2H3. The van der Waals surface area contributed by atoms with E-state index in [0.29, 0.717) is 11.3 Å². The zero-order valence-electron chi connectivity index (χ0n) is 9.50. The molecule has 3 nitrogen and oxygen atoms in total. The second kappa shape index (κ2) is 3.98. The molecule has 0 bridgehead atoms. The van der Waals surface area contributed by atoms with E-state index in [1.807, 2.05) is 0 Å². The highest BCUT2D eigenvalue weighted by Gasteiger charge is 2.32. The number of fused-ring (bicyclic) bond motifs is 1. The molecule has 0 aromatic heterocycles. The second-order valence-electron chi connectivity index (χ2n) is 4.50. The molecule has 0 saturated carbocycles. The first-order chi connectivity index (χ1) is 7.87. The molecule has 0 fully saturated rings. The zero-order valence-corrected chi connectivity index (χ0v) is 9.50. The van der Waals surface area contributed by atoms with Crippen LogP contribution >= 0.6 is 0 Å². The Kier molecular flexibility index (Phi) is 2.77. The summed E-state index contributed by atoms with van der Waals surface area (Å²) in [6.07, 6.45) is 0.273. The van der Waals surface area contributed by atoms with Gasteiger partial charge in [0.25, 0.3) is 0 Å². The van der Waals surface area contributed by atoms with Crippen LogP contribution < -0.4 is 9.47 Å². The topological polar surface area (TPSA) is 35.5 Å². The quantitative estimate of drug-likeness (QED) is 0.799. The van der Waals surface area contributed by atoms with Crippen molar-refractivity contribution in [1.82, 2.24) is 0 Å². The van der Waals surface area contributed by atoms with Crippen LogP contribution in [-0.2, 0) is 0 Å². The first kappa shape index (κ1) is 11.8. The Morgan fingerprint density at radius 3 is 2.76 bits per heavy atom. The molecule has 1 aromatic rings. The Hall–Kier alpha value is -1.65. The van der Waals surface area contributed by atoms with Crippen LogP contribution in [0.3, 0.4) is 0 Å². The molecule has 0 N–H and O–H groups in total. The van der Waals surface area contributed by atoms with E-state index in [0.717, 1.165) is 0 Å². The van der Waals surface area contributed by atoms with Gasteiger partial charge in [0.15, 0.2) is 5.78 Å². The molecule has 0 saturated heterocycles. The van der Waals surface area contributed by atoms with Gasteiger partial charge in [-0.2, -0.15) is 8.78 Å². The minimum Gasteiger partial charge on any atom is -0.486 e.